The highest BCUT2D eigenvalue weighted by molar-refractivity contribution is 7.85. The van der Waals surface area contributed by atoms with Crippen molar-refractivity contribution in [3.8, 4) is 0 Å². The average molecular weight is 275 g/mol. The topological polar surface area (TPSA) is 52.3 Å². The van der Waals surface area contributed by atoms with E-state index in [1.165, 1.54) is 6.42 Å². The predicted octanol–water partition coefficient (Wildman–Crippen LogP) is 2.31. The van der Waals surface area contributed by atoms with Crippen molar-refractivity contribution in [3.05, 3.63) is 0 Å². The lowest BCUT2D eigenvalue weighted by Gasteiger charge is -2.40. The monoisotopic (exact) mass is 275 g/mol. The fourth-order valence-electron chi connectivity index (χ4n) is 2.74. The molecular formula is C14H29NO2S. The standard InChI is InChI=1S/C14H29NO2S/c1-14(2,3)11-6-7-12(15)13(10-11)18(16)9-5-8-17-4/h11-13H,5-10,15H2,1-4H3. The molecule has 0 amide bonds. The third kappa shape index (κ3) is 4.63. The first-order chi connectivity index (χ1) is 8.36. The highest BCUT2D eigenvalue weighted by Crippen LogP contribution is 2.39. The Bertz CT molecular complexity index is 275. The fourth-order valence-corrected chi connectivity index (χ4v) is 4.42. The van der Waals surface area contributed by atoms with Crippen molar-refractivity contribution in [2.45, 2.75) is 57.7 Å². The Morgan fingerprint density at radius 2 is 2.00 bits per heavy atom. The Balaban J connectivity index is 2.54. The van der Waals surface area contributed by atoms with Crippen LogP contribution >= 0.6 is 0 Å². The summed E-state index contributed by atoms with van der Waals surface area (Å²) in [6, 6.07) is 0.118. The largest absolute Gasteiger partial charge is 0.385 e. The SMILES string of the molecule is COCCCS(=O)C1CC(C(C)(C)C)CCC1N. The quantitative estimate of drug-likeness (QED) is 0.783. The van der Waals surface area contributed by atoms with E-state index in [9.17, 15) is 4.21 Å². The van der Waals surface area contributed by atoms with Gasteiger partial charge < -0.3 is 10.5 Å². The molecule has 0 aromatic rings. The molecule has 4 unspecified atom stereocenters. The van der Waals surface area contributed by atoms with Crippen molar-refractivity contribution in [1.29, 1.82) is 0 Å². The molecule has 0 spiro atoms. The second kappa shape index (κ2) is 7.01. The predicted molar refractivity (Wildman–Crippen MR) is 78.1 cm³/mol. The van der Waals surface area contributed by atoms with Gasteiger partial charge in [-0.3, -0.25) is 4.21 Å². The molecule has 0 bridgehead atoms. The Morgan fingerprint density at radius 1 is 1.33 bits per heavy atom. The number of ether oxygens (including phenoxy) is 1. The van der Waals surface area contributed by atoms with E-state index in [1.807, 2.05) is 0 Å². The summed E-state index contributed by atoms with van der Waals surface area (Å²) in [6.07, 6.45) is 4.08. The van der Waals surface area contributed by atoms with Gasteiger partial charge in [-0.1, -0.05) is 20.8 Å². The van der Waals surface area contributed by atoms with Crippen LogP contribution in [0.5, 0.6) is 0 Å². The van der Waals surface area contributed by atoms with E-state index in [0.29, 0.717) is 17.9 Å². The molecule has 1 rings (SSSR count). The molecule has 0 aromatic heterocycles. The van der Waals surface area contributed by atoms with E-state index in [4.69, 9.17) is 10.5 Å². The molecule has 4 heteroatoms. The van der Waals surface area contributed by atoms with E-state index in [1.54, 1.807) is 7.11 Å². The van der Waals surface area contributed by atoms with Crippen LogP contribution in [0.25, 0.3) is 0 Å². The van der Waals surface area contributed by atoms with Crippen molar-refractivity contribution >= 4 is 10.8 Å². The average Bonchev–Trinajstić information content (AvgIpc) is 2.28. The Kier molecular flexibility index (Phi) is 6.28. The maximum atomic E-state index is 12.3. The van der Waals surface area contributed by atoms with Crippen molar-refractivity contribution < 1.29 is 8.95 Å². The molecule has 0 heterocycles. The summed E-state index contributed by atoms with van der Waals surface area (Å²) >= 11 is 0. The summed E-state index contributed by atoms with van der Waals surface area (Å²) in [5.74, 6) is 1.37. The molecule has 3 nitrogen and oxygen atoms in total. The lowest BCUT2D eigenvalue weighted by Crippen LogP contribution is -2.46. The molecular weight excluding hydrogens is 246 g/mol. The zero-order valence-electron chi connectivity index (χ0n) is 12.3. The molecule has 0 aliphatic heterocycles. The van der Waals surface area contributed by atoms with Gasteiger partial charge in [0, 0.05) is 36.3 Å². The molecule has 108 valence electrons. The minimum atomic E-state index is -0.799. The van der Waals surface area contributed by atoms with Gasteiger partial charge in [0.15, 0.2) is 0 Å². The molecule has 0 aromatic carbocycles. The van der Waals surface area contributed by atoms with Gasteiger partial charge in [0.25, 0.3) is 0 Å². The van der Waals surface area contributed by atoms with Gasteiger partial charge in [-0.15, -0.1) is 0 Å². The maximum Gasteiger partial charge on any atom is 0.0501 e. The fraction of sp³-hybridized carbons (Fsp3) is 1.00. The van der Waals surface area contributed by atoms with Crippen LogP contribution in [0.15, 0.2) is 0 Å². The summed E-state index contributed by atoms with van der Waals surface area (Å²) in [4.78, 5) is 0. The lowest BCUT2D eigenvalue weighted by molar-refractivity contribution is 0.172. The lowest BCUT2D eigenvalue weighted by atomic mass is 9.71. The molecule has 1 aliphatic rings. The smallest absolute Gasteiger partial charge is 0.0501 e. The van der Waals surface area contributed by atoms with Crippen LogP contribution in [-0.2, 0) is 15.5 Å². The van der Waals surface area contributed by atoms with Gasteiger partial charge in [0.1, 0.15) is 0 Å². The molecule has 0 radical (unpaired) electrons. The van der Waals surface area contributed by atoms with Crippen molar-refractivity contribution in [2.75, 3.05) is 19.5 Å². The van der Waals surface area contributed by atoms with Crippen LogP contribution < -0.4 is 5.73 Å². The van der Waals surface area contributed by atoms with Crippen LogP contribution in [0.3, 0.4) is 0 Å². The number of methoxy groups -OCH3 is 1. The second-order valence-electron chi connectivity index (χ2n) is 6.51. The Hall–Kier alpha value is 0.0700. The van der Waals surface area contributed by atoms with Gasteiger partial charge in [-0.2, -0.15) is 0 Å². The summed E-state index contributed by atoms with van der Waals surface area (Å²) in [5.41, 5.74) is 6.47. The normalized spacial score (nSPS) is 31.3. The van der Waals surface area contributed by atoms with Crippen LogP contribution in [0.2, 0.25) is 0 Å². The number of nitrogens with two attached hydrogens (primary N) is 1. The van der Waals surface area contributed by atoms with E-state index >= 15 is 0 Å². The maximum absolute atomic E-state index is 12.3. The van der Waals surface area contributed by atoms with Crippen LogP contribution in [0.4, 0.5) is 0 Å². The molecule has 18 heavy (non-hydrogen) atoms. The summed E-state index contributed by atoms with van der Waals surface area (Å²) in [5, 5.41) is 0.180. The Morgan fingerprint density at radius 3 is 2.56 bits per heavy atom. The van der Waals surface area contributed by atoms with Crippen molar-refractivity contribution in [2.24, 2.45) is 17.1 Å². The summed E-state index contributed by atoms with van der Waals surface area (Å²) in [6.45, 7) is 7.52. The second-order valence-corrected chi connectivity index (χ2v) is 8.28. The third-order valence-corrected chi connectivity index (χ3v) is 6.01. The first-order valence-electron chi connectivity index (χ1n) is 6.98. The van der Waals surface area contributed by atoms with E-state index < -0.39 is 10.8 Å². The number of rotatable bonds is 5. The third-order valence-electron chi connectivity index (χ3n) is 4.10. The van der Waals surface area contributed by atoms with E-state index in [-0.39, 0.29) is 11.3 Å². The van der Waals surface area contributed by atoms with Crippen LogP contribution in [-0.4, -0.2) is 35.0 Å². The van der Waals surface area contributed by atoms with E-state index in [2.05, 4.69) is 20.8 Å². The zero-order chi connectivity index (χ0) is 13.8. The minimum absolute atomic E-state index is 0.118. The first kappa shape index (κ1) is 16.1. The van der Waals surface area contributed by atoms with Crippen LogP contribution in [0.1, 0.15) is 46.5 Å². The highest BCUT2D eigenvalue weighted by atomic mass is 32.2. The highest BCUT2D eigenvalue weighted by Gasteiger charge is 2.36. The van der Waals surface area contributed by atoms with Crippen molar-refractivity contribution in [1.82, 2.24) is 0 Å². The summed E-state index contributed by atoms with van der Waals surface area (Å²) in [7, 11) is 0.887. The van der Waals surface area contributed by atoms with Gasteiger partial charge in [0.2, 0.25) is 0 Å². The van der Waals surface area contributed by atoms with Crippen LogP contribution in [0, 0.1) is 11.3 Å². The molecule has 0 saturated heterocycles. The zero-order valence-corrected chi connectivity index (χ0v) is 13.1. The van der Waals surface area contributed by atoms with E-state index in [0.717, 1.165) is 25.0 Å². The Labute approximate surface area is 114 Å². The molecule has 1 saturated carbocycles. The van der Waals surface area contributed by atoms with Gasteiger partial charge in [-0.25, -0.2) is 0 Å². The van der Waals surface area contributed by atoms with Crippen molar-refractivity contribution in [3.63, 3.8) is 0 Å². The first-order valence-corrected chi connectivity index (χ1v) is 8.36. The van der Waals surface area contributed by atoms with Gasteiger partial charge in [0.05, 0.1) is 5.25 Å². The minimum Gasteiger partial charge on any atom is -0.385 e. The molecule has 4 atom stereocenters. The summed E-state index contributed by atoms with van der Waals surface area (Å²) < 4.78 is 17.3. The van der Waals surface area contributed by atoms with Gasteiger partial charge >= 0.3 is 0 Å². The molecule has 1 fully saturated rings. The molecule has 2 N–H and O–H groups in total. The number of hydrogen-bond donors (Lipinski definition) is 1. The van der Waals surface area contributed by atoms with Gasteiger partial charge in [-0.05, 0) is 37.0 Å². The molecule has 1 aliphatic carbocycles. The number of hydrogen-bond acceptors (Lipinski definition) is 3.